The van der Waals surface area contributed by atoms with Gasteiger partial charge in [0.1, 0.15) is 11.4 Å². The van der Waals surface area contributed by atoms with Crippen molar-refractivity contribution in [3.05, 3.63) is 41.6 Å². The first-order valence-electron chi connectivity index (χ1n) is 8.30. The van der Waals surface area contributed by atoms with Gasteiger partial charge in [0.2, 0.25) is 5.75 Å². The van der Waals surface area contributed by atoms with Crippen LogP contribution in [0.3, 0.4) is 0 Å². The molecule has 0 aliphatic carbocycles. The molecule has 7 nitrogen and oxygen atoms in total. The number of hydrogen-bond acceptors (Lipinski definition) is 5. The minimum absolute atomic E-state index is 0.267. The van der Waals surface area contributed by atoms with Crippen LogP contribution in [0.4, 0.5) is 5.69 Å². The quantitative estimate of drug-likeness (QED) is 0.690. The van der Waals surface area contributed by atoms with Crippen LogP contribution < -0.4 is 24.3 Å². The monoisotopic (exact) mass is 370 g/mol. The molecule has 3 rings (SSSR count). The van der Waals surface area contributed by atoms with E-state index in [2.05, 4.69) is 10.3 Å². The number of aryl methyl sites for hydroxylation is 1. The third kappa shape index (κ3) is 3.36. The van der Waals surface area contributed by atoms with Crippen molar-refractivity contribution in [2.45, 2.75) is 6.92 Å². The van der Waals surface area contributed by atoms with Gasteiger partial charge in [0.25, 0.3) is 5.91 Å². The molecule has 1 aromatic heterocycles. The third-order valence-electron chi connectivity index (χ3n) is 4.42. The van der Waals surface area contributed by atoms with Crippen molar-refractivity contribution in [3.63, 3.8) is 0 Å². The highest BCUT2D eigenvalue weighted by molar-refractivity contribution is 6.08. The summed E-state index contributed by atoms with van der Waals surface area (Å²) in [6, 6.07) is 9.01. The van der Waals surface area contributed by atoms with Gasteiger partial charge in [-0.15, -0.1) is 0 Å². The molecule has 0 spiro atoms. The number of H-pyrrole nitrogens is 1. The van der Waals surface area contributed by atoms with Gasteiger partial charge < -0.3 is 29.2 Å². The predicted octanol–water partition coefficient (Wildman–Crippen LogP) is 3.76. The van der Waals surface area contributed by atoms with Gasteiger partial charge in [-0.1, -0.05) is 0 Å². The smallest absolute Gasteiger partial charge is 0.272 e. The number of aromatic nitrogens is 1. The van der Waals surface area contributed by atoms with E-state index in [1.807, 2.05) is 25.1 Å². The maximum atomic E-state index is 12.8. The van der Waals surface area contributed by atoms with Crippen LogP contribution in [-0.2, 0) is 0 Å². The minimum Gasteiger partial charge on any atom is -0.497 e. The Labute approximate surface area is 157 Å². The van der Waals surface area contributed by atoms with Crippen LogP contribution in [0.5, 0.6) is 23.0 Å². The first-order valence-corrected chi connectivity index (χ1v) is 8.30. The summed E-state index contributed by atoms with van der Waals surface area (Å²) >= 11 is 0. The number of carbonyl (C=O) groups is 1. The van der Waals surface area contributed by atoms with Gasteiger partial charge in [-0.05, 0) is 24.6 Å². The lowest BCUT2D eigenvalue weighted by Gasteiger charge is -2.14. The van der Waals surface area contributed by atoms with Crippen molar-refractivity contribution >= 4 is 22.5 Å². The molecule has 0 fully saturated rings. The Morgan fingerprint density at radius 2 is 1.59 bits per heavy atom. The summed E-state index contributed by atoms with van der Waals surface area (Å²) in [5.74, 6) is 1.85. The maximum absolute atomic E-state index is 12.8. The summed E-state index contributed by atoms with van der Waals surface area (Å²) in [5, 5.41) is 3.84. The molecule has 0 bridgehead atoms. The fraction of sp³-hybridized carbons (Fsp3) is 0.250. The molecule has 142 valence electrons. The Balaban J connectivity index is 1.96. The lowest BCUT2D eigenvalue weighted by atomic mass is 10.1. The first-order chi connectivity index (χ1) is 13.0. The van der Waals surface area contributed by atoms with E-state index in [-0.39, 0.29) is 5.91 Å². The number of rotatable bonds is 6. The molecule has 0 atom stereocenters. The normalized spacial score (nSPS) is 10.6. The van der Waals surface area contributed by atoms with Gasteiger partial charge in [0, 0.05) is 34.8 Å². The Bertz CT molecular complexity index is 968. The second kappa shape index (κ2) is 7.49. The van der Waals surface area contributed by atoms with Gasteiger partial charge in [0.05, 0.1) is 28.4 Å². The van der Waals surface area contributed by atoms with E-state index in [9.17, 15) is 4.79 Å². The predicted molar refractivity (Wildman–Crippen MR) is 104 cm³/mol. The van der Waals surface area contributed by atoms with Crippen LogP contribution in [0.2, 0.25) is 0 Å². The fourth-order valence-electron chi connectivity index (χ4n) is 3.02. The van der Waals surface area contributed by atoms with Crippen molar-refractivity contribution in [2.24, 2.45) is 0 Å². The molecule has 1 heterocycles. The van der Waals surface area contributed by atoms with Gasteiger partial charge in [0.15, 0.2) is 11.5 Å². The van der Waals surface area contributed by atoms with Crippen molar-refractivity contribution < 1.29 is 23.7 Å². The van der Waals surface area contributed by atoms with E-state index in [0.29, 0.717) is 28.6 Å². The molecule has 0 saturated heterocycles. The molecule has 2 N–H and O–H groups in total. The molecule has 0 unspecified atom stereocenters. The maximum Gasteiger partial charge on any atom is 0.272 e. The molecule has 3 aromatic rings. The summed E-state index contributed by atoms with van der Waals surface area (Å²) in [6.45, 7) is 1.90. The molecule has 0 saturated carbocycles. The fourth-order valence-corrected chi connectivity index (χ4v) is 3.02. The second-order valence-corrected chi connectivity index (χ2v) is 5.90. The molecule has 0 aliphatic heterocycles. The molecule has 0 radical (unpaired) electrons. The lowest BCUT2D eigenvalue weighted by molar-refractivity contribution is 0.102. The average molecular weight is 370 g/mol. The van der Waals surface area contributed by atoms with Crippen molar-refractivity contribution in [3.8, 4) is 23.0 Å². The SMILES string of the molecule is COc1ccc2c(C)c(C(=O)Nc3cc(OC)c(OC)c(OC)c3)[nH]c2c1. The molecule has 27 heavy (non-hydrogen) atoms. The summed E-state index contributed by atoms with van der Waals surface area (Å²) in [5.41, 5.74) is 2.71. The summed E-state index contributed by atoms with van der Waals surface area (Å²) < 4.78 is 21.2. The van der Waals surface area contributed by atoms with Gasteiger partial charge in [-0.3, -0.25) is 4.79 Å². The van der Waals surface area contributed by atoms with Gasteiger partial charge >= 0.3 is 0 Å². The Morgan fingerprint density at radius 3 is 2.15 bits per heavy atom. The summed E-state index contributed by atoms with van der Waals surface area (Å²) in [7, 11) is 6.19. The third-order valence-corrected chi connectivity index (χ3v) is 4.42. The molecular formula is C20H22N2O5. The second-order valence-electron chi connectivity index (χ2n) is 5.90. The Hall–Kier alpha value is -3.35. The number of carbonyl (C=O) groups excluding carboxylic acids is 1. The number of ether oxygens (including phenoxy) is 4. The zero-order valence-corrected chi connectivity index (χ0v) is 15.9. The van der Waals surface area contributed by atoms with E-state index in [4.69, 9.17) is 18.9 Å². The standard InChI is InChI=1S/C20H22N2O5/c1-11-14-7-6-13(24-2)10-15(14)22-18(11)20(23)21-12-8-16(25-3)19(27-5)17(9-12)26-4/h6-10,22H,1-5H3,(H,21,23). The Kier molecular flexibility index (Phi) is 5.12. The number of anilines is 1. The highest BCUT2D eigenvalue weighted by atomic mass is 16.5. The Morgan fingerprint density at radius 1 is 0.926 bits per heavy atom. The highest BCUT2D eigenvalue weighted by Crippen LogP contribution is 2.40. The molecule has 2 aromatic carbocycles. The number of methoxy groups -OCH3 is 4. The molecule has 7 heteroatoms. The number of fused-ring (bicyclic) bond motifs is 1. The molecule has 0 aliphatic rings. The van der Waals surface area contributed by atoms with Crippen LogP contribution in [0.15, 0.2) is 30.3 Å². The zero-order valence-electron chi connectivity index (χ0n) is 15.9. The number of amides is 1. The van der Waals surface area contributed by atoms with Gasteiger partial charge in [-0.2, -0.15) is 0 Å². The molecular weight excluding hydrogens is 348 g/mol. The lowest BCUT2D eigenvalue weighted by Crippen LogP contribution is -2.14. The highest BCUT2D eigenvalue weighted by Gasteiger charge is 2.18. The van der Waals surface area contributed by atoms with E-state index in [1.54, 1.807) is 19.2 Å². The van der Waals surface area contributed by atoms with Gasteiger partial charge in [-0.25, -0.2) is 0 Å². The van der Waals surface area contributed by atoms with E-state index in [1.165, 1.54) is 21.3 Å². The average Bonchev–Trinajstić information content (AvgIpc) is 3.03. The summed E-state index contributed by atoms with van der Waals surface area (Å²) in [4.78, 5) is 16.0. The topological polar surface area (TPSA) is 81.8 Å². The van der Waals surface area contributed by atoms with Crippen LogP contribution in [0.25, 0.3) is 10.9 Å². The minimum atomic E-state index is -0.267. The number of nitrogens with one attached hydrogen (secondary N) is 2. The van der Waals surface area contributed by atoms with Crippen molar-refractivity contribution in [1.29, 1.82) is 0 Å². The number of aromatic amines is 1. The van der Waals surface area contributed by atoms with E-state index in [0.717, 1.165) is 22.2 Å². The van der Waals surface area contributed by atoms with E-state index >= 15 is 0 Å². The van der Waals surface area contributed by atoms with Crippen LogP contribution in [0, 0.1) is 6.92 Å². The van der Waals surface area contributed by atoms with Crippen LogP contribution in [-0.4, -0.2) is 39.3 Å². The number of hydrogen-bond donors (Lipinski definition) is 2. The largest absolute Gasteiger partial charge is 0.497 e. The van der Waals surface area contributed by atoms with Crippen LogP contribution >= 0.6 is 0 Å². The summed E-state index contributed by atoms with van der Waals surface area (Å²) in [6.07, 6.45) is 0. The zero-order chi connectivity index (χ0) is 19.6. The van der Waals surface area contributed by atoms with Crippen molar-refractivity contribution in [2.75, 3.05) is 33.8 Å². The van der Waals surface area contributed by atoms with Crippen molar-refractivity contribution in [1.82, 2.24) is 4.98 Å². The van der Waals surface area contributed by atoms with E-state index < -0.39 is 0 Å². The first kappa shape index (κ1) is 18.4. The number of benzene rings is 2. The van der Waals surface area contributed by atoms with Crippen LogP contribution in [0.1, 0.15) is 16.1 Å². The molecule has 1 amide bonds.